The quantitative estimate of drug-likeness (QED) is 0.624. The second-order valence-corrected chi connectivity index (χ2v) is 4.97. The van der Waals surface area contributed by atoms with E-state index in [0.29, 0.717) is 12.8 Å². The number of hydrogen-bond donors (Lipinski definition) is 0. The van der Waals surface area contributed by atoms with Crippen LogP contribution in [-0.2, 0) is 16.0 Å². The van der Waals surface area contributed by atoms with Crippen LogP contribution in [0.4, 0.5) is 0 Å². The van der Waals surface area contributed by atoms with Crippen LogP contribution >= 0.6 is 22.6 Å². The largest absolute Gasteiger partial charge is 0.468 e. The molecule has 1 aromatic carbocycles. The van der Waals surface area contributed by atoms with Gasteiger partial charge in [0.15, 0.2) is 5.41 Å². The molecule has 1 unspecified atom stereocenters. The van der Waals surface area contributed by atoms with Crippen LogP contribution < -0.4 is 0 Å². The molecule has 0 aliphatic rings. The van der Waals surface area contributed by atoms with Gasteiger partial charge in [0.1, 0.15) is 0 Å². The van der Waals surface area contributed by atoms with Crippen LogP contribution in [-0.4, -0.2) is 13.1 Å². The number of carbonyl (C=O) groups is 1. The van der Waals surface area contributed by atoms with E-state index in [0.717, 1.165) is 9.13 Å². The van der Waals surface area contributed by atoms with Crippen molar-refractivity contribution in [1.82, 2.24) is 0 Å². The number of nitriles is 1. The minimum Gasteiger partial charge on any atom is -0.468 e. The molecule has 0 aliphatic heterocycles. The number of halogens is 1. The lowest BCUT2D eigenvalue weighted by Crippen LogP contribution is -2.32. The minimum absolute atomic E-state index is 0.395. The van der Waals surface area contributed by atoms with Crippen molar-refractivity contribution in [3.05, 3.63) is 33.4 Å². The van der Waals surface area contributed by atoms with Gasteiger partial charge in [0, 0.05) is 9.99 Å². The summed E-state index contributed by atoms with van der Waals surface area (Å²) in [5.74, 6) is -0.456. The number of nitrogens with zero attached hydrogens (tertiary/aromatic N) is 1. The summed E-state index contributed by atoms with van der Waals surface area (Å²) in [5, 5.41) is 9.28. The van der Waals surface area contributed by atoms with Crippen molar-refractivity contribution in [3.8, 4) is 6.07 Å². The molecule has 17 heavy (non-hydrogen) atoms. The fraction of sp³-hybridized carbons (Fsp3) is 0.385. The van der Waals surface area contributed by atoms with Gasteiger partial charge in [-0.3, -0.25) is 4.79 Å². The smallest absolute Gasteiger partial charge is 0.326 e. The predicted octanol–water partition coefficient (Wildman–Crippen LogP) is 2.93. The summed E-state index contributed by atoms with van der Waals surface area (Å²) >= 11 is 2.21. The van der Waals surface area contributed by atoms with E-state index in [1.807, 2.05) is 31.2 Å². The van der Waals surface area contributed by atoms with Gasteiger partial charge < -0.3 is 4.74 Å². The number of carbonyl (C=O) groups excluding carboxylic acids is 1. The lowest BCUT2D eigenvalue weighted by Gasteiger charge is -2.22. The molecule has 0 saturated heterocycles. The van der Waals surface area contributed by atoms with Gasteiger partial charge in [0.2, 0.25) is 0 Å². The summed E-state index contributed by atoms with van der Waals surface area (Å²) in [5.41, 5.74) is -0.0716. The Morgan fingerprint density at radius 2 is 2.18 bits per heavy atom. The van der Waals surface area contributed by atoms with E-state index in [2.05, 4.69) is 28.7 Å². The Morgan fingerprint density at radius 1 is 1.53 bits per heavy atom. The third kappa shape index (κ3) is 2.97. The topological polar surface area (TPSA) is 50.1 Å². The number of benzene rings is 1. The van der Waals surface area contributed by atoms with Gasteiger partial charge in [0.25, 0.3) is 0 Å². The highest BCUT2D eigenvalue weighted by Crippen LogP contribution is 2.29. The molecule has 4 heteroatoms. The van der Waals surface area contributed by atoms with Crippen molar-refractivity contribution in [2.24, 2.45) is 5.41 Å². The van der Waals surface area contributed by atoms with E-state index in [9.17, 15) is 10.1 Å². The second kappa shape index (κ2) is 6.01. The van der Waals surface area contributed by atoms with Crippen LogP contribution in [0, 0.1) is 20.3 Å². The first-order chi connectivity index (χ1) is 8.09. The molecule has 0 aliphatic carbocycles. The Balaban J connectivity index is 3.08. The molecule has 3 nitrogen and oxygen atoms in total. The molecule has 0 spiro atoms. The molecular weight excluding hydrogens is 329 g/mol. The number of esters is 1. The molecule has 0 saturated carbocycles. The van der Waals surface area contributed by atoms with E-state index in [1.165, 1.54) is 7.11 Å². The summed E-state index contributed by atoms with van der Waals surface area (Å²) < 4.78 is 5.80. The van der Waals surface area contributed by atoms with Crippen molar-refractivity contribution in [2.45, 2.75) is 19.8 Å². The van der Waals surface area contributed by atoms with Crippen LogP contribution in [0.1, 0.15) is 18.9 Å². The minimum atomic E-state index is -1.07. The number of rotatable bonds is 4. The first-order valence-electron chi connectivity index (χ1n) is 5.32. The highest BCUT2D eigenvalue weighted by molar-refractivity contribution is 14.1. The van der Waals surface area contributed by atoms with Gasteiger partial charge in [-0.2, -0.15) is 5.26 Å². The number of methoxy groups -OCH3 is 1. The van der Waals surface area contributed by atoms with E-state index < -0.39 is 11.4 Å². The van der Waals surface area contributed by atoms with Crippen molar-refractivity contribution in [3.63, 3.8) is 0 Å². The van der Waals surface area contributed by atoms with Crippen LogP contribution in [0.3, 0.4) is 0 Å². The molecule has 1 rings (SSSR count). The van der Waals surface area contributed by atoms with Crippen molar-refractivity contribution in [2.75, 3.05) is 7.11 Å². The molecule has 0 amide bonds. The van der Waals surface area contributed by atoms with Crippen molar-refractivity contribution >= 4 is 28.6 Å². The Hall–Kier alpha value is -1.09. The summed E-state index contributed by atoms with van der Waals surface area (Å²) in [6.45, 7) is 1.83. The van der Waals surface area contributed by atoms with Crippen LogP contribution in [0.5, 0.6) is 0 Å². The lowest BCUT2D eigenvalue weighted by atomic mass is 9.80. The second-order valence-electron chi connectivity index (χ2n) is 3.81. The van der Waals surface area contributed by atoms with Gasteiger partial charge >= 0.3 is 5.97 Å². The van der Waals surface area contributed by atoms with Crippen LogP contribution in [0.15, 0.2) is 24.3 Å². The Morgan fingerprint density at radius 3 is 2.65 bits per heavy atom. The first kappa shape index (κ1) is 14.0. The monoisotopic (exact) mass is 343 g/mol. The van der Waals surface area contributed by atoms with Crippen LogP contribution in [0.2, 0.25) is 0 Å². The van der Waals surface area contributed by atoms with Crippen molar-refractivity contribution < 1.29 is 9.53 Å². The van der Waals surface area contributed by atoms with Gasteiger partial charge in [-0.05, 0) is 40.6 Å². The Labute approximate surface area is 115 Å². The van der Waals surface area contributed by atoms with Gasteiger partial charge in [0.05, 0.1) is 13.2 Å². The normalized spacial score (nSPS) is 13.5. The average Bonchev–Trinajstić information content (AvgIpc) is 2.37. The first-order valence-corrected chi connectivity index (χ1v) is 6.40. The predicted molar refractivity (Wildman–Crippen MR) is 73.2 cm³/mol. The molecule has 0 bridgehead atoms. The number of hydrogen-bond acceptors (Lipinski definition) is 3. The molecular formula is C13H14INO2. The van der Waals surface area contributed by atoms with Crippen LogP contribution in [0.25, 0.3) is 0 Å². The summed E-state index contributed by atoms with van der Waals surface area (Å²) in [6.07, 6.45) is 0.840. The summed E-state index contributed by atoms with van der Waals surface area (Å²) in [6, 6.07) is 9.86. The standard InChI is InChI=1S/C13H14INO2/c1-3-13(9-15,12(16)17-2)8-10-6-4-5-7-11(10)14/h4-7H,3,8H2,1-2H3. The maximum absolute atomic E-state index is 11.8. The maximum atomic E-state index is 11.8. The zero-order chi connectivity index (χ0) is 12.9. The SMILES string of the molecule is CCC(C#N)(Cc1ccccc1I)C(=O)OC. The lowest BCUT2D eigenvalue weighted by molar-refractivity contribution is -0.149. The van der Waals surface area contributed by atoms with E-state index in [4.69, 9.17) is 4.74 Å². The summed E-state index contributed by atoms with van der Waals surface area (Å²) in [4.78, 5) is 11.8. The number of ether oxygens (including phenoxy) is 1. The maximum Gasteiger partial charge on any atom is 0.326 e. The zero-order valence-electron chi connectivity index (χ0n) is 9.87. The fourth-order valence-electron chi connectivity index (χ4n) is 1.67. The van der Waals surface area contributed by atoms with Gasteiger partial charge in [-0.15, -0.1) is 0 Å². The molecule has 90 valence electrons. The molecule has 1 aromatic rings. The summed E-state index contributed by atoms with van der Waals surface area (Å²) in [7, 11) is 1.32. The highest BCUT2D eigenvalue weighted by Gasteiger charge is 2.38. The van der Waals surface area contributed by atoms with Crippen molar-refractivity contribution in [1.29, 1.82) is 5.26 Å². The third-order valence-electron chi connectivity index (χ3n) is 2.84. The fourth-order valence-corrected chi connectivity index (χ4v) is 2.25. The zero-order valence-corrected chi connectivity index (χ0v) is 12.0. The van der Waals surface area contributed by atoms with Gasteiger partial charge in [-0.25, -0.2) is 0 Å². The molecule has 0 heterocycles. The third-order valence-corrected chi connectivity index (χ3v) is 3.90. The highest BCUT2D eigenvalue weighted by atomic mass is 127. The molecule has 0 N–H and O–H groups in total. The Kier molecular flexibility index (Phi) is 4.94. The van der Waals surface area contributed by atoms with E-state index in [1.54, 1.807) is 0 Å². The Bertz CT molecular complexity index is 453. The molecule has 0 fully saturated rings. The van der Waals surface area contributed by atoms with Gasteiger partial charge in [-0.1, -0.05) is 25.1 Å². The van der Waals surface area contributed by atoms with E-state index in [-0.39, 0.29) is 0 Å². The van der Waals surface area contributed by atoms with E-state index >= 15 is 0 Å². The average molecular weight is 343 g/mol. The molecule has 0 radical (unpaired) electrons. The molecule has 1 atom stereocenters. The molecule has 0 aromatic heterocycles.